The molecule has 1 aromatic heterocycles. The van der Waals surface area contributed by atoms with Gasteiger partial charge in [-0.15, -0.1) is 11.3 Å². The summed E-state index contributed by atoms with van der Waals surface area (Å²) in [4.78, 5) is 12.8. The van der Waals surface area contributed by atoms with Crippen molar-refractivity contribution in [1.82, 2.24) is 0 Å². The number of methoxy groups -OCH3 is 1. The van der Waals surface area contributed by atoms with E-state index in [4.69, 9.17) is 17.0 Å². The molecule has 0 saturated carbocycles. The van der Waals surface area contributed by atoms with Crippen molar-refractivity contribution in [2.45, 2.75) is 25.7 Å². The van der Waals surface area contributed by atoms with E-state index in [9.17, 15) is 31.1 Å². The molecule has 0 aliphatic rings. The molecule has 1 aromatic carbocycles. The third-order valence-electron chi connectivity index (χ3n) is 3.71. The van der Waals surface area contributed by atoms with Gasteiger partial charge in [-0.05, 0) is 24.7 Å². The second kappa shape index (κ2) is 10.9. The van der Waals surface area contributed by atoms with E-state index in [1.807, 2.05) is 6.92 Å². The number of thiocarbonyl (C=S) groups is 1. The number of alkyl halides is 6. The zero-order valence-electron chi connectivity index (χ0n) is 17.1. The fourth-order valence-electron chi connectivity index (χ4n) is 2.38. The molecule has 0 bridgehead atoms. The molecule has 0 spiro atoms. The van der Waals surface area contributed by atoms with Crippen molar-refractivity contribution in [3.05, 3.63) is 34.7 Å². The Morgan fingerprint density at radius 1 is 0.970 bits per heavy atom. The quantitative estimate of drug-likeness (QED) is 0.262. The molecular weight excluding hydrogens is 498 g/mol. The summed E-state index contributed by atoms with van der Waals surface area (Å²) in [5, 5.41) is 5.68. The van der Waals surface area contributed by atoms with Crippen LogP contribution in [0.25, 0.3) is 0 Å². The molecule has 0 unspecified atom stereocenters. The molecule has 0 aliphatic heterocycles. The molecule has 182 valence electrons. The molecule has 0 fully saturated rings. The summed E-state index contributed by atoms with van der Waals surface area (Å²) in [6.07, 6.45) is -8.68. The van der Waals surface area contributed by atoms with Crippen LogP contribution >= 0.6 is 23.6 Å². The number of esters is 1. The fourth-order valence-corrected chi connectivity index (χ4v) is 3.65. The number of thiophene rings is 1. The van der Waals surface area contributed by atoms with Gasteiger partial charge in [0.2, 0.25) is 0 Å². The lowest BCUT2D eigenvalue weighted by atomic mass is 10.2. The summed E-state index contributed by atoms with van der Waals surface area (Å²) in [5.74, 6) is -1.39. The monoisotopic (exact) mass is 516 g/mol. The molecule has 2 aromatic rings. The molecule has 2 rings (SSSR count). The predicted octanol–water partition coefficient (Wildman–Crippen LogP) is 5.79. The number of hydrogen-bond donors (Lipinski definition) is 2. The van der Waals surface area contributed by atoms with E-state index in [1.165, 1.54) is 18.4 Å². The Morgan fingerprint density at radius 2 is 1.52 bits per heavy atom. The van der Waals surface area contributed by atoms with E-state index in [1.54, 1.807) is 6.07 Å². The molecule has 1 heterocycles. The maximum Gasteiger partial charge on any atom is 0.422 e. The Kier molecular flexibility index (Phi) is 8.77. The number of rotatable bonds is 8. The highest BCUT2D eigenvalue weighted by Crippen LogP contribution is 2.31. The Balaban J connectivity index is 2.22. The van der Waals surface area contributed by atoms with Crippen LogP contribution in [-0.2, 0) is 11.2 Å². The first-order valence-electron chi connectivity index (χ1n) is 9.13. The van der Waals surface area contributed by atoms with Crippen molar-refractivity contribution in [3.8, 4) is 11.5 Å². The predicted molar refractivity (Wildman–Crippen MR) is 114 cm³/mol. The van der Waals surface area contributed by atoms with E-state index >= 15 is 0 Å². The summed E-state index contributed by atoms with van der Waals surface area (Å²) in [6.45, 7) is -1.44. The standard InChI is InChI=1S/C19H18F6N2O4S2/c1-3-13-7-14(16(28)29-2)15(33-13)27-17(32)26-10-4-11(30-8-18(20,21)22)6-12(5-10)31-9-19(23,24)25/h4-7H,3,8-9H2,1-2H3,(H2,26,27,32). The second-order valence-electron chi connectivity index (χ2n) is 6.38. The normalized spacial score (nSPS) is 11.6. The summed E-state index contributed by atoms with van der Waals surface area (Å²) in [7, 11) is 1.21. The Labute approximate surface area is 193 Å². The largest absolute Gasteiger partial charge is 0.484 e. The number of halogens is 6. The van der Waals surface area contributed by atoms with Gasteiger partial charge < -0.3 is 24.8 Å². The minimum absolute atomic E-state index is 0.00348. The van der Waals surface area contributed by atoms with E-state index in [0.29, 0.717) is 11.4 Å². The van der Waals surface area contributed by atoms with E-state index in [-0.39, 0.29) is 16.4 Å². The molecule has 0 amide bonds. The van der Waals surface area contributed by atoms with Crippen LogP contribution in [-0.4, -0.2) is 43.8 Å². The number of carbonyl (C=O) groups excluding carboxylic acids is 1. The second-order valence-corrected chi connectivity index (χ2v) is 7.93. The zero-order valence-corrected chi connectivity index (χ0v) is 18.8. The number of carbonyl (C=O) groups is 1. The number of hydrogen-bond acceptors (Lipinski definition) is 6. The number of nitrogens with one attached hydrogen (secondary N) is 2. The number of anilines is 2. The molecule has 0 aliphatic carbocycles. The molecule has 2 N–H and O–H groups in total. The van der Waals surface area contributed by atoms with Gasteiger partial charge in [0.15, 0.2) is 18.3 Å². The third kappa shape index (κ3) is 8.96. The first-order valence-corrected chi connectivity index (χ1v) is 10.4. The van der Waals surface area contributed by atoms with Gasteiger partial charge in [0.1, 0.15) is 16.5 Å². The molecule has 14 heteroatoms. The van der Waals surface area contributed by atoms with Crippen LogP contribution in [0.4, 0.5) is 37.0 Å². The van der Waals surface area contributed by atoms with Crippen LogP contribution in [0.1, 0.15) is 22.2 Å². The summed E-state index contributed by atoms with van der Waals surface area (Å²) >= 11 is 6.40. The van der Waals surface area contributed by atoms with Crippen molar-refractivity contribution in [3.63, 3.8) is 0 Å². The maximum absolute atomic E-state index is 12.5. The lowest BCUT2D eigenvalue weighted by molar-refractivity contribution is -0.153. The number of benzene rings is 1. The molecule has 33 heavy (non-hydrogen) atoms. The Morgan fingerprint density at radius 3 is 1.97 bits per heavy atom. The lowest BCUT2D eigenvalue weighted by Crippen LogP contribution is -2.22. The van der Waals surface area contributed by atoms with Crippen LogP contribution in [0.15, 0.2) is 24.3 Å². The topological polar surface area (TPSA) is 68.8 Å². The van der Waals surface area contributed by atoms with Crippen LogP contribution in [0.5, 0.6) is 11.5 Å². The fraction of sp³-hybridized carbons (Fsp3) is 0.368. The highest BCUT2D eigenvalue weighted by atomic mass is 32.1. The van der Waals surface area contributed by atoms with Gasteiger partial charge in [0.25, 0.3) is 0 Å². The van der Waals surface area contributed by atoms with Gasteiger partial charge in [-0.3, -0.25) is 0 Å². The Hall–Kier alpha value is -2.74. The van der Waals surface area contributed by atoms with Gasteiger partial charge >= 0.3 is 18.3 Å². The number of ether oxygens (including phenoxy) is 3. The van der Waals surface area contributed by atoms with Crippen molar-refractivity contribution in [1.29, 1.82) is 0 Å². The van der Waals surface area contributed by atoms with Gasteiger partial charge in [0.05, 0.1) is 12.7 Å². The molecule has 6 nitrogen and oxygen atoms in total. The van der Waals surface area contributed by atoms with Gasteiger partial charge in [0, 0.05) is 28.8 Å². The average molecular weight is 516 g/mol. The Bertz CT molecular complexity index is 955. The summed E-state index contributed by atoms with van der Waals surface area (Å²) < 4.78 is 88.8. The first kappa shape index (κ1) is 26.5. The molecule has 0 saturated heterocycles. The minimum Gasteiger partial charge on any atom is -0.484 e. The SMILES string of the molecule is CCc1cc(C(=O)OC)c(NC(=S)Nc2cc(OCC(F)(F)F)cc(OCC(F)(F)F)c2)s1. The first-order chi connectivity index (χ1) is 15.3. The van der Waals surface area contributed by atoms with E-state index in [2.05, 4.69) is 20.1 Å². The van der Waals surface area contributed by atoms with Gasteiger partial charge in [-0.25, -0.2) is 4.79 Å². The van der Waals surface area contributed by atoms with E-state index in [0.717, 1.165) is 23.1 Å². The van der Waals surface area contributed by atoms with Gasteiger partial charge in [-0.1, -0.05) is 6.92 Å². The number of aryl methyl sites for hydroxylation is 1. The highest BCUT2D eigenvalue weighted by molar-refractivity contribution is 7.80. The third-order valence-corrected chi connectivity index (χ3v) is 5.11. The van der Waals surface area contributed by atoms with Gasteiger partial charge in [-0.2, -0.15) is 26.3 Å². The summed E-state index contributed by atoms with van der Waals surface area (Å²) in [5.41, 5.74) is 0.219. The molecular formula is C19H18F6N2O4S2. The van der Waals surface area contributed by atoms with Crippen LogP contribution in [0.3, 0.4) is 0 Å². The van der Waals surface area contributed by atoms with Crippen molar-refractivity contribution >= 4 is 45.3 Å². The van der Waals surface area contributed by atoms with Crippen LogP contribution < -0.4 is 20.1 Å². The zero-order chi connectivity index (χ0) is 24.8. The smallest absolute Gasteiger partial charge is 0.422 e. The van der Waals surface area contributed by atoms with E-state index < -0.39 is 43.0 Å². The average Bonchev–Trinajstić information content (AvgIpc) is 3.11. The molecule has 0 atom stereocenters. The lowest BCUT2D eigenvalue weighted by Gasteiger charge is -2.16. The maximum atomic E-state index is 12.5. The minimum atomic E-state index is -4.66. The van der Waals surface area contributed by atoms with Crippen molar-refractivity contribution in [2.24, 2.45) is 0 Å². The van der Waals surface area contributed by atoms with Crippen molar-refractivity contribution < 1.29 is 45.3 Å². The van der Waals surface area contributed by atoms with Crippen LogP contribution in [0.2, 0.25) is 0 Å². The van der Waals surface area contributed by atoms with Crippen molar-refractivity contribution in [2.75, 3.05) is 31.0 Å². The highest BCUT2D eigenvalue weighted by Gasteiger charge is 2.30. The van der Waals surface area contributed by atoms with Crippen LogP contribution in [0, 0.1) is 0 Å². The summed E-state index contributed by atoms with van der Waals surface area (Å²) in [6, 6.07) is 4.72. The molecule has 0 radical (unpaired) electrons.